The first-order chi connectivity index (χ1) is 17.0. The Morgan fingerprint density at radius 1 is 0.886 bits per heavy atom. The maximum atomic E-state index is 13.7. The van der Waals surface area contributed by atoms with Crippen LogP contribution in [0.3, 0.4) is 0 Å². The summed E-state index contributed by atoms with van der Waals surface area (Å²) in [6.45, 7) is 5.22. The summed E-state index contributed by atoms with van der Waals surface area (Å²) in [6, 6.07) is 21.9. The molecule has 0 saturated heterocycles. The van der Waals surface area contributed by atoms with Gasteiger partial charge in [-0.15, -0.1) is 11.3 Å². The molecule has 0 spiro atoms. The van der Waals surface area contributed by atoms with Crippen molar-refractivity contribution in [2.24, 2.45) is 0 Å². The number of para-hydroxylation sites is 1. The molecule has 0 bridgehead atoms. The molecule has 1 fully saturated rings. The van der Waals surface area contributed by atoms with Gasteiger partial charge in [-0.25, -0.2) is 4.79 Å². The van der Waals surface area contributed by atoms with E-state index in [1.165, 1.54) is 11.3 Å². The van der Waals surface area contributed by atoms with Crippen LogP contribution in [0.2, 0.25) is 0 Å². The molecular formula is C29H35N3O2S. The van der Waals surface area contributed by atoms with Gasteiger partial charge in [-0.1, -0.05) is 67.8 Å². The van der Waals surface area contributed by atoms with Gasteiger partial charge in [-0.3, -0.25) is 4.79 Å². The van der Waals surface area contributed by atoms with Crippen molar-refractivity contribution in [2.75, 3.05) is 11.9 Å². The zero-order valence-corrected chi connectivity index (χ0v) is 21.5. The highest BCUT2D eigenvalue weighted by Gasteiger charge is 2.29. The Balaban J connectivity index is 1.54. The highest BCUT2D eigenvalue weighted by Crippen LogP contribution is 2.25. The first kappa shape index (κ1) is 25.0. The Morgan fingerprint density at radius 2 is 1.60 bits per heavy atom. The average Bonchev–Trinajstić information content (AvgIpc) is 3.29. The van der Waals surface area contributed by atoms with Gasteiger partial charge in [0, 0.05) is 28.0 Å². The highest BCUT2D eigenvalue weighted by molar-refractivity contribution is 7.11. The summed E-state index contributed by atoms with van der Waals surface area (Å²) in [6.07, 6.45) is 5.26. The number of anilines is 1. The van der Waals surface area contributed by atoms with Crippen LogP contribution in [-0.4, -0.2) is 34.3 Å². The lowest BCUT2D eigenvalue weighted by Crippen LogP contribution is -2.49. The number of hydrogen-bond donors (Lipinski definition) is 1. The zero-order chi connectivity index (χ0) is 24.6. The second kappa shape index (κ2) is 12.0. The van der Waals surface area contributed by atoms with Gasteiger partial charge in [0.1, 0.15) is 6.54 Å². The molecule has 0 radical (unpaired) electrons. The first-order valence-corrected chi connectivity index (χ1v) is 13.3. The number of amides is 3. The van der Waals surface area contributed by atoms with Crippen LogP contribution in [0.5, 0.6) is 0 Å². The number of rotatable bonds is 8. The van der Waals surface area contributed by atoms with Crippen LogP contribution < -0.4 is 5.32 Å². The predicted octanol–water partition coefficient (Wildman–Crippen LogP) is 6.76. The van der Waals surface area contributed by atoms with E-state index in [9.17, 15) is 9.59 Å². The van der Waals surface area contributed by atoms with Crippen molar-refractivity contribution < 1.29 is 9.59 Å². The predicted molar refractivity (Wildman–Crippen MR) is 144 cm³/mol. The summed E-state index contributed by atoms with van der Waals surface area (Å²) in [5, 5.41) is 3.07. The van der Waals surface area contributed by atoms with Crippen molar-refractivity contribution in [2.45, 2.75) is 65.1 Å². The zero-order valence-electron chi connectivity index (χ0n) is 20.7. The Kier molecular flexibility index (Phi) is 8.59. The maximum Gasteiger partial charge on any atom is 0.322 e. The molecule has 6 heteroatoms. The second-order valence-corrected chi connectivity index (χ2v) is 10.8. The second-order valence-electron chi connectivity index (χ2n) is 9.41. The van der Waals surface area contributed by atoms with Crippen LogP contribution in [0.15, 0.2) is 66.7 Å². The standard InChI is InChI=1S/C29H35N3O2S/c1-22-11-9-10-16-27(22)30-29(34)32(25-14-7-4-8-15-25)21-28(33)31(19-24-12-5-3-6-13-24)20-26-18-17-23(2)35-26/h3,5-6,9-13,16-18,25H,4,7-8,14-15,19-21H2,1-2H3,(H,30,34). The number of thiophene rings is 1. The average molecular weight is 490 g/mol. The van der Waals surface area contributed by atoms with Crippen LogP contribution in [0.4, 0.5) is 10.5 Å². The van der Waals surface area contributed by atoms with Gasteiger partial charge in [-0.05, 0) is 56.0 Å². The van der Waals surface area contributed by atoms with Crippen molar-refractivity contribution in [3.63, 3.8) is 0 Å². The molecule has 1 aliphatic rings. The van der Waals surface area contributed by atoms with Crippen LogP contribution >= 0.6 is 11.3 Å². The minimum Gasteiger partial charge on any atom is -0.332 e. The summed E-state index contributed by atoms with van der Waals surface area (Å²) in [7, 11) is 0. The number of benzene rings is 2. The van der Waals surface area contributed by atoms with Gasteiger partial charge in [0.25, 0.3) is 0 Å². The van der Waals surface area contributed by atoms with Crippen LogP contribution in [0.25, 0.3) is 0 Å². The lowest BCUT2D eigenvalue weighted by Gasteiger charge is -2.35. The summed E-state index contributed by atoms with van der Waals surface area (Å²) in [4.78, 5) is 33.3. The van der Waals surface area contributed by atoms with Crippen molar-refractivity contribution in [3.05, 3.63) is 87.6 Å². The van der Waals surface area contributed by atoms with E-state index in [0.29, 0.717) is 13.1 Å². The van der Waals surface area contributed by atoms with Gasteiger partial charge in [0.15, 0.2) is 0 Å². The molecule has 0 atom stereocenters. The molecule has 184 valence electrons. The normalized spacial score (nSPS) is 13.9. The van der Waals surface area contributed by atoms with E-state index in [0.717, 1.165) is 47.4 Å². The molecule has 1 aromatic heterocycles. The summed E-state index contributed by atoms with van der Waals surface area (Å²) in [5.41, 5.74) is 2.89. The van der Waals surface area contributed by atoms with E-state index in [1.807, 2.05) is 66.4 Å². The third-order valence-electron chi connectivity index (χ3n) is 6.68. The van der Waals surface area contributed by atoms with Gasteiger partial charge >= 0.3 is 6.03 Å². The fourth-order valence-electron chi connectivity index (χ4n) is 4.70. The third kappa shape index (κ3) is 6.95. The highest BCUT2D eigenvalue weighted by atomic mass is 32.1. The first-order valence-electron chi connectivity index (χ1n) is 12.5. The molecule has 1 aliphatic carbocycles. The summed E-state index contributed by atoms with van der Waals surface area (Å²) >= 11 is 1.71. The number of nitrogens with zero attached hydrogens (tertiary/aromatic N) is 2. The molecule has 1 saturated carbocycles. The van der Waals surface area contributed by atoms with Crippen molar-refractivity contribution in [3.8, 4) is 0 Å². The van der Waals surface area contributed by atoms with Crippen molar-refractivity contribution in [1.29, 1.82) is 0 Å². The fraction of sp³-hybridized carbons (Fsp3) is 0.379. The van der Waals surface area contributed by atoms with E-state index >= 15 is 0 Å². The maximum absolute atomic E-state index is 13.7. The van der Waals surface area contributed by atoms with E-state index in [2.05, 4.69) is 24.4 Å². The molecule has 0 aliphatic heterocycles. The number of aryl methyl sites for hydroxylation is 2. The minimum atomic E-state index is -0.189. The van der Waals surface area contributed by atoms with Crippen LogP contribution in [0, 0.1) is 13.8 Å². The molecule has 1 N–H and O–H groups in total. The number of carbonyl (C=O) groups excluding carboxylic acids is 2. The van der Waals surface area contributed by atoms with Gasteiger partial charge in [0.2, 0.25) is 5.91 Å². The molecule has 3 aromatic rings. The molecule has 1 heterocycles. The van der Waals surface area contributed by atoms with Gasteiger partial charge in [0.05, 0.1) is 6.54 Å². The number of nitrogens with one attached hydrogen (secondary N) is 1. The Hall–Kier alpha value is -3.12. The van der Waals surface area contributed by atoms with Crippen LogP contribution in [0.1, 0.15) is 53.0 Å². The van der Waals surface area contributed by atoms with Crippen LogP contribution in [-0.2, 0) is 17.9 Å². The molecule has 3 amide bonds. The van der Waals surface area contributed by atoms with E-state index < -0.39 is 0 Å². The summed E-state index contributed by atoms with van der Waals surface area (Å²) in [5.74, 6) is -0.0228. The minimum absolute atomic E-state index is 0.0228. The molecule has 5 nitrogen and oxygen atoms in total. The Morgan fingerprint density at radius 3 is 2.29 bits per heavy atom. The lowest BCUT2D eigenvalue weighted by atomic mass is 9.94. The van der Waals surface area contributed by atoms with E-state index in [-0.39, 0.29) is 24.5 Å². The smallest absolute Gasteiger partial charge is 0.322 e. The number of urea groups is 1. The molecule has 2 aromatic carbocycles. The molecule has 35 heavy (non-hydrogen) atoms. The Bertz CT molecular complexity index is 1120. The third-order valence-corrected chi connectivity index (χ3v) is 7.67. The van der Waals surface area contributed by atoms with Crippen molar-refractivity contribution in [1.82, 2.24) is 9.80 Å². The van der Waals surface area contributed by atoms with Gasteiger partial charge in [-0.2, -0.15) is 0 Å². The summed E-state index contributed by atoms with van der Waals surface area (Å²) < 4.78 is 0. The van der Waals surface area contributed by atoms with Gasteiger partial charge < -0.3 is 15.1 Å². The fourth-order valence-corrected chi connectivity index (χ4v) is 5.61. The molecule has 0 unspecified atom stereocenters. The SMILES string of the molecule is Cc1ccc(CN(Cc2ccccc2)C(=O)CN(C(=O)Nc2ccccc2C)C2CCCCC2)s1. The largest absolute Gasteiger partial charge is 0.332 e. The topological polar surface area (TPSA) is 52.7 Å². The molecular weight excluding hydrogens is 454 g/mol. The molecule has 4 rings (SSSR count). The number of hydrogen-bond acceptors (Lipinski definition) is 3. The lowest BCUT2D eigenvalue weighted by molar-refractivity contribution is -0.133. The quantitative estimate of drug-likeness (QED) is 0.380. The number of carbonyl (C=O) groups is 2. The van der Waals surface area contributed by atoms with E-state index in [1.54, 1.807) is 16.2 Å². The Labute approximate surface area is 212 Å². The van der Waals surface area contributed by atoms with E-state index in [4.69, 9.17) is 0 Å². The monoisotopic (exact) mass is 489 g/mol. The van der Waals surface area contributed by atoms with Crippen molar-refractivity contribution >= 4 is 29.0 Å².